The molecule has 0 saturated carbocycles. The predicted octanol–water partition coefficient (Wildman–Crippen LogP) is 1.99. The molecule has 3 rings (SSSR count). The number of thiazole rings is 1. The highest BCUT2D eigenvalue weighted by molar-refractivity contribution is 7.09. The van der Waals surface area contributed by atoms with E-state index in [1.54, 1.807) is 11.3 Å². The summed E-state index contributed by atoms with van der Waals surface area (Å²) >= 11 is 1.67. The van der Waals surface area contributed by atoms with Gasteiger partial charge in [0.25, 0.3) is 0 Å². The van der Waals surface area contributed by atoms with Crippen molar-refractivity contribution in [2.24, 2.45) is 5.92 Å². The Balaban J connectivity index is 1.46. The number of ether oxygens (including phenoxy) is 1. The maximum Gasteiger partial charge on any atom is 0.228 e. The number of carbonyl (C=O) groups is 1. The van der Waals surface area contributed by atoms with Crippen LogP contribution in [0.4, 0.5) is 0 Å². The molecule has 0 aromatic carbocycles. The van der Waals surface area contributed by atoms with E-state index in [1.165, 1.54) is 0 Å². The Morgan fingerprint density at radius 2 is 2.17 bits per heavy atom. The molecule has 3 heterocycles. The molecule has 0 aliphatic carbocycles. The van der Waals surface area contributed by atoms with Crippen LogP contribution < -0.4 is 0 Å². The van der Waals surface area contributed by atoms with Gasteiger partial charge < -0.3 is 9.64 Å². The first-order valence-corrected chi connectivity index (χ1v) is 9.52. The lowest BCUT2D eigenvalue weighted by Crippen LogP contribution is -2.40. The van der Waals surface area contributed by atoms with Crippen molar-refractivity contribution in [3.05, 3.63) is 16.1 Å². The summed E-state index contributed by atoms with van der Waals surface area (Å²) in [5.74, 6) is 1.28. The van der Waals surface area contributed by atoms with Gasteiger partial charge in [0.1, 0.15) is 0 Å². The molecule has 0 bridgehead atoms. The van der Waals surface area contributed by atoms with Crippen molar-refractivity contribution in [2.45, 2.75) is 32.6 Å². The van der Waals surface area contributed by atoms with E-state index in [9.17, 15) is 4.79 Å². The molecule has 0 N–H and O–H groups in total. The van der Waals surface area contributed by atoms with E-state index in [2.05, 4.69) is 23.7 Å². The fraction of sp³-hybridized carbons (Fsp3) is 0.765. The molecule has 1 atom stereocenters. The summed E-state index contributed by atoms with van der Waals surface area (Å²) in [6.45, 7) is 10.9. The van der Waals surface area contributed by atoms with Gasteiger partial charge >= 0.3 is 0 Å². The van der Waals surface area contributed by atoms with Crippen LogP contribution in [-0.2, 0) is 16.0 Å². The summed E-state index contributed by atoms with van der Waals surface area (Å²) in [5.41, 5.74) is 0.931. The number of carbonyl (C=O) groups excluding carboxylic acids is 1. The Morgan fingerprint density at radius 1 is 1.39 bits per heavy atom. The SMILES string of the molecule is CC(C)c1nc(CC(=O)N2CC[C@H](CN3CCOCC3)C2)cs1. The monoisotopic (exact) mass is 337 g/mol. The molecular weight excluding hydrogens is 310 g/mol. The smallest absolute Gasteiger partial charge is 0.228 e. The number of amides is 1. The molecule has 2 fully saturated rings. The van der Waals surface area contributed by atoms with Crippen molar-refractivity contribution in [3.63, 3.8) is 0 Å². The Morgan fingerprint density at radius 3 is 2.87 bits per heavy atom. The second kappa shape index (κ2) is 7.73. The molecule has 6 heteroatoms. The van der Waals surface area contributed by atoms with Crippen molar-refractivity contribution in [2.75, 3.05) is 45.9 Å². The Labute approximate surface area is 142 Å². The first-order chi connectivity index (χ1) is 11.1. The molecule has 1 amide bonds. The quantitative estimate of drug-likeness (QED) is 0.824. The number of aromatic nitrogens is 1. The van der Waals surface area contributed by atoms with Crippen LogP contribution in [0, 0.1) is 5.92 Å². The van der Waals surface area contributed by atoms with Crippen molar-refractivity contribution < 1.29 is 9.53 Å². The normalized spacial score (nSPS) is 22.9. The maximum atomic E-state index is 12.5. The van der Waals surface area contributed by atoms with Gasteiger partial charge in [-0.3, -0.25) is 9.69 Å². The second-order valence-corrected chi connectivity index (χ2v) is 7.81. The summed E-state index contributed by atoms with van der Waals surface area (Å²) in [6, 6.07) is 0. The van der Waals surface area contributed by atoms with E-state index in [0.29, 0.717) is 18.3 Å². The molecule has 128 valence electrons. The minimum absolute atomic E-state index is 0.232. The van der Waals surface area contributed by atoms with E-state index < -0.39 is 0 Å². The standard InChI is InChI=1S/C17H27N3O2S/c1-13(2)17-18-15(12-23-17)9-16(21)20-4-3-14(11-20)10-19-5-7-22-8-6-19/h12-14H,3-11H2,1-2H3/t14-/m1/s1. The molecule has 1 aromatic rings. The van der Waals surface area contributed by atoms with Gasteiger partial charge in [0.05, 0.1) is 30.3 Å². The van der Waals surface area contributed by atoms with E-state index in [-0.39, 0.29) is 5.91 Å². The third-order valence-corrected chi connectivity index (χ3v) is 5.85. The van der Waals surface area contributed by atoms with E-state index in [1.807, 2.05) is 10.3 Å². The predicted molar refractivity (Wildman–Crippen MR) is 91.9 cm³/mol. The van der Waals surface area contributed by atoms with Gasteiger partial charge in [0.2, 0.25) is 5.91 Å². The second-order valence-electron chi connectivity index (χ2n) is 6.92. The number of morpholine rings is 1. The lowest BCUT2D eigenvalue weighted by molar-refractivity contribution is -0.129. The average molecular weight is 337 g/mol. The lowest BCUT2D eigenvalue weighted by atomic mass is 10.1. The zero-order valence-electron chi connectivity index (χ0n) is 14.2. The fourth-order valence-corrected chi connectivity index (χ4v) is 4.13. The number of hydrogen-bond donors (Lipinski definition) is 0. The molecule has 0 radical (unpaired) electrons. The van der Waals surface area contributed by atoms with Crippen molar-refractivity contribution in [3.8, 4) is 0 Å². The highest BCUT2D eigenvalue weighted by Gasteiger charge is 2.28. The molecule has 1 aromatic heterocycles. The molecule has 5 nitrogen and oxygen atoms in total. The van der Waals surface area contributed by atoms with Crippen LogP contribution in [0.1, 0.15) is 36.9 Å². The van der Waals surface area contributed by atoms with E-state index >= 15 is 0 Å². The summed E-state index contributed by atoms with van der Waals surface area (Å²) in [5, 5.41) is 3.16. The van der Waals surface area contributed by atoms with Crippen molar-refractivity contribution in [1.82, 2.24) is 14.8 Å². The van der Waals surface area contributed by atoms with Crippen LogP contribution in [0.3, 0.4) is 0 Å². The minimum Gasteiger partial charge on any atom is -0.379 e. The zero-order valence-corrected chi connectivity index (χ0v) is 15.0. The molecule has 0 unspecified atom stereocenters. The maximum absolute atomic E-state index is 12.5. The minimum atomic E-state index is 0.232. The van der Waals surface area contributed by atoms with Crippen LogP contribution in [0.5, 0.6) is 0 Å². The fourth-order valence-electron chi connectivity index (χ4n) is 3.29. The third kappa shape index (κ3) is 4.52. The lowest BCUT2D eigenvalue weighted by Gasteiger charge is -2.29. The first kappa shape index (κ1) is 16.9. The average Bonchev–Trinajstić information content (AvgIpc) is 3.18. The number of likely N-dealkylation sites (tertiary alicyclic amines) is 1. The van der Waals surface area contributed by atoms with Crippen LogP contribution >= 0.6 is 11.3 Å². The van der Waals surface area contributed by atoms with Crippen molar-refractivity contribution in [1.29, 1.82) is 0 Å². The number of rotatable bonds is 5. The molecule has 23 heavy (non-hydrogen) atoms. The summed E-state index contributed by atoms with van der Waals surface area (Å²) in [7, 11) is 0. The first-order valence-electron chi connectivity index (χ1n) is 8.64. The zero-order chi connectivity index (χ0) is 16.2. The highest BCUT2D eigenvalue weighted by Crippen LogP contribution is 2.22. The van der Waals surface area contributed by atoms with Crippen LogP contribution in [0.2, 0.25) is 0 Å². The van der Waals surface area contributed by atoms with E-state index in [4.69, 9.17) is 4.74 Å². The van der Waals surface area contributed by atoms with Gasteiger partial charge in [-0.05, 0) is 12.3 Å². The number of nitrogens with zero attached hydrogens (tertiary/aromatic N) is 3. The van der Waals surface area contributed by atoms with E-state index in [0.717, 1.165) is 63.1 Å². The molecule has 2 aliphatic heterocycles. The van der Waals surface area contributed by atoms with Crippen LogP contribution in [0.25, 0.3) is 0 Å². The summed E-state index contributed by atoms with van der Waals surface area (Å²) in [4.78, 5) is 21.6. The van der Waals surface area contributed by atoms with Gasteiger partial charge in [-0.2, -0.15) is 0 Å². The Bertz CT molecular complexity index is 526. The Hall–Kier alpha value is -0.980. The highest BCUT2D eigenvalue weighted by atomic mass is 32.1. The van der Waals surface area contributed by atoms with Crippen LogP contribution in [-0.4, -0.2) is 66.6 Å². The van der Waals surface area contributed by atoms with Gasteiger partial charge in [0.15, 0.2) is 0 Å². The number of hydrogen-bond acceptors (Lipinski definition) is 5. The molecule has 0 spiro atoms. The largest absolute Gasteiger partial charge is 0.379 e. The molecular formula is C17H27N3O2S. The van der Waals surface area contributed by atoms with Gasteiger partial charge in [-0.1, -0.05) is 13.8 Å². The molecule has 2 aliphatic rings. The summed E-state index contributed by atoms with van der Waals surface area (Å²) < 4.78 is 5.40. The van der Waals surface area contributed by atoms with Crippen LogP contribution in [0.15, 0.2) is 5.38 Å². The van der Waals surface area contributed by atoms with Gasteiger partial charge in [-0.25, -0.2) is 4.98 Å². The topological polar surface area (TPSA) is 45.7 Å². The Kier molecular flexibility index (Phi) is 5.67. The third-order valence-electron chi connectivity index (χ3n) is 4.65. The van der Waals surface area contributed by atoms with Crippen molar-refractivity contribution >= 4 is 17.2 Å². The van der Waals surface area contributed by atoms with Gasteiger partial charge in [0, 0.05) is 44.0 Å². The van der Waals surface area contributed by atoms with Gasteiger partial charge in [-0.15, -0.1) is 11.3 Å². The summed E-state index contributed by atoms with van der Waals surface area (Å²) in [6.07, 6.45) is 1.57. The molecule has 2 saturated heterocycles.